The van der Waals surface area contributed by atoms with Gasteiger partial charge in [0.25, 0.3) is 5.91 Å². The Hall–Kier alpha value is -2.96. The molecule has 1 amide bonds. The smallest absolute Gasteiger partial charge is 0.260 e. The van der Waals surface area contributed by atoms with Gasteiger partial charge in [0.05, 0.1) is 19.3 Å². The van der Waals surface area contributed by atoms with Crippen LogP contribution in [0.2, 0.25) is 0 Å². The molecule has 7 heteroatoms. The number of aromatic nitrogens is 1. The molecule has 0 saturated carbocycles. The second-order valence-corrected chi connectivity index (χ2v) is 6.98. The van der Waals surface area contributed by atoms with Gasteiger partial charge in [0.1, 0.15) is 18.1 Å². The van der Waals surface area contributed by atoms with E-state index in [1.165, 1.54) is 6.07 Å². The van der Waals surface area contributed by atoms with Gasteiger partial charge in [-0.1, -0.05) is 13.8 Å². The van der Waals surface area contributed by atoms with Gasteiger partial charge in [0.2, 0.25) is 5.43 Å². The molecule has 0 aliphatic carbocycles. The van der Waals surface area contributed by atoms with Crippen molar-refractivity contribution in [3.05, 3.63) is 52.4 Å². The number of pyridine rings is 1. The van der Waals surface area contributed by atoms with Gasteiger partial charge in [0, 0.05) is 25.4 Å². The van der Waals surface area contributed by atoms with Crippen LogP contribution in [-0.4, -0.2) is 48.8 Å². The van der Waals surface area contributed by atoms with Gasteiger partial charge in [-0.25, -0.2) is 0 Å². The Labute approximate surface area is 178 Å². The number of carbonyl (C=O) groups excluding carboxylic acids is 1. The van der Waals surface area contributed by atoms with Crippen LogP contribution in [0, 0.1) is 6.92 Å². The van der Waals surface area contributed by atoms with Gasteiger partial charge in [0.15, 0.2) is 12.4 Å². The number of ether oxygens (including phenoxy) is 3. The first-order valence-corrected chi connectivity index (χ1v) is 10.4. The van der Waals surface area contributed by atoms with Gasteiger partial charge in [-0.3, -0.25) is 9.59 Å². The van der Waals surface area contributed by atoms with Gasteiger partial charge in [-0.2, -0.15) is 0 Å². The fourth-order valence-corrected chi connectivity index (χ4v) is 3.13. The third kappa shape index (κ3) is 6.54. The predicted octanol–water partition coefficient (Wildman–Crippen LogP) is 3.27. The number of hydrogen-bond donors (Lipinski definition) is 0. The van der Waals surface area contributed by atoms with Crippen molar-refractivity contribution in [2.24, 2.45) is 0 Å². The third-order valence-electron chi connectivity index (χ3n) is 4.73. The van der Waals surface area contributed by atoms with Crippen molar-refractivity contribution in [1.29, 1.82) is 0 Å². The number of hydrogen-bond acceptors (Lipinski definition) is 5. The highest BCUT2D eigenvalue weighted by molar-refractivity contribution is 5.77. The van der Waals surface area contributed by atoms with Gasteiger partial charge in [-0.05, 0) is 44.0 Å². The molecule has 0 radical (unpaired) electrons. The summed E-state index contributed by atoms with van der Waals surface area (Å²) < 4.78 is 18.4. The quantitative estimate of drug-likeness (QED) is 0.531. The topological polar surface area (TPSA) is 70.0 Å². The lowest BCUT2D eigenvalue weighted by atomic mass is 10.3. The Morgan fingerprint density at radius 1 is 1.00 bits per heavy atom. The first kappa shape index (κ1) is 23.3. The van der Waals surface area contributed by atoms with Crippen LogP contribution in [0.25, 0.3) is 0 Å². The van der Waals surface area contributed by atoms with Crippen LogP contribution in [-0.2, 0) is 11.3 Å². The molecule has 1 aromatic carbocycles. The van der Waals surface area contributed by atoms with Crippen LogP contribution in [0.1, 0.15) is 32.4 Å². The van der Waals surface area contributed by atoms with Crippen molar-refractivity contribution in [1.82, 2.24) is 9.47 Å². The molecular weight excluding hydrogens is 384 g/mol. The van der Waals surface area contributed by atoms with E-state index in [0.717, 1.165) is 24.3 Å². The fraction of sp³-hybridized carbons (Fsp3) is 0.478. The van der Waals surface area contributed by atoms with Crippen LogP contribution < -0.4 is 19.6 Å². The van der Waals surface area contributed by atoms with Crippen molar-refractivity contribution < 1.29 is 19.0 Å². The molecule has 0 N–H and O–H groups in total. The van der Waals surface area contributed by atoms with Crippen LogP contribution >= 0.6 is 0 Å². The minimum Gasteiger partial charge on any atom is -0.497 e. The lowest BCUT2D eigenvalue weighted by Crippen LogP contribution is -2.36. The normalized spacial score (nSPS) is 10.5. The number of methoxy groups -OCH3 is 1. The summed E-state index contributed by atoms with van der Waals surface area (Å²) in [6.07, 6.45) is 3.48. The third-order valence-corrected chi connectivity index (χ3v) is 4.73. The lowest BCUT2D eigenvalue weighted by Gasteiger charge is -2.22. The highest BCUT2D eigenvalue weighted by Crippen LogP contribution is 2.17. The van der Waals surface area contributed by atoms with E-state index in [2.05, 4.69) is 0 Å². The zero-order valence-electron chi connectivity index (χ0n) is 18.3. The summed E-state index contributed by atoms with van der Waals surface area (Å²) in [5, 5.41) is 0. The molecule has 0 unspecified atom stereocenters. The second-order valence-electron chi connectivity index (χ2n) is 6.98. The van der Waals surface area contributed by atoms with Crippen molar-refractivity contribution in [2.75, 3.05) is 33.4 Å². The summed E-state index contributed by atoms with van der Waals surface area (Å²) >= 11 is 0. The number of carbonyl (C=O) groups is 1. The number of amides is 1. The lowest BCUT2D eigenvalue weighted by molar-refractivity contribution is -0.133. The van der Waals surface area contributed by atoms with Crippen LogP contribution in [0.3, 0.4) is 0 Å². The maximum atomic E-state index is 12.4. The maximum absolute atomic E-state index is 12.4. The summed E-state index contributed by atoms with van der Waals surface area (Å²) in [6.45, 7) is 8.09. The summed E-state index contributed by atoms with van der Waals surface area (Å²) in [7, 11) is 1.62. The van der Waals surface area contributed by atoms with Gasteiger partial charge < -0.3 is 23.7 Å². The fourth-order valence-electron chi connectivity index (χ4n) is 3.13. The summed E-state index contributed by atoms with van der Waals surface area (Å²) in [6, 6.07) is 8.81. The minimum absolute atomic E-state index is 0.101. The molecule has 1 heterocycles. The summed E-state index contributed by atoms with van der Waals surface area (Å²) in [4.78, 5) is 26.5. The zero-order chi connectivity index (χ0) is 21.9. The first-order valence-electron chi connectivity index (χ1n) is 10.4. The van der Waals surface area contributed by atoms with E-state index < -0.39 is 0 Å². The largest absolute Gasteiger partial charge is 0.497 e. The van der Waals surface area contributed by atoms with E-state index in [1.54, 1.807) is 18.2 Å². The SMILES string of the molecule is CCCN(CCC)C(=O)COc1c(C)n(CCOc2ccc(OC)cc2)ccc1=O. The van der Waals surface area contributed by atoms with Crippen molar-refractivity contribution in [2.45, 2.75) is 40.2 Å². The molecule has 1 aromatic heterocycles. The van der Waals surface area contributed by atoms with E-state index in [9.17, 15) is 9.59 Å². The molecule has 164 valence electrons. The number of nitrogens with zero attached hydrogens (tertiary/aromatic N) is 2. The Morgan fingerprint density at radius 3 is 2.23 bits per heavy atom. The molecule has 0 aliphatic heterocycles. The Morgan fingerprint density at radius 2 is 1.63 bits per heavy atom. The average molecular weight is 417 g/mol. The molecular formula is C23H32N2O5. The Bertz CT molecular complexity index is 855. The number of rotatable bonds is 12. The van der Waals surface area contributed by atoms with Gasteiger partial charge in [-0.15, -0.1) is 0 Å². The Balaban J connectivity index is 1.98. The van der Waals surface area contributed by atoms with E-state index in [0.29, 0.717) is 31.9 Å². The molecule has 0 atom stereocenters. The van der Waals surface area contributed by atoms with E-state index in [4.69, 9.17) is 14.2 Å². The monoisotopic (exact) mass is 416 g/mol. The van der Waals surface area contributed by atoms with E-state index in [1.807, 2.05) is 49.6 Å². The predicted molar refractivity (Wildman–Crippen MR) is 117 cm³/mol. The highest BCUT2D eigenvalue weighted by Gasteiger charge is 2.15. The first-order chi connectivity index (χ1) is 14.5. The van der Waals surface area contributed by atoms with Crippen LogP contribution in [0.4, 0.5) is 0 Å². The molecule has 0 fully saturated rings. The average Bonchev–Trinajstić information content (AvgIpc) is 2.75. The zero-order valence-corrected chi connectivity index (χ0v) is 18.3. The molecule has 2 aromatic rings. The summed E-state index contributed by atoms with van der Waals surface area (Å²) in [5.41, 5.74) is 0.441. The second kappa shape index (κ2) is 11.9. The van der Waals surface area contributed by atoms with E-state index in [-0.39, 0.29) is 23.7 Å². The molecule has 0 saturated heterocycles. The number of benzene rings is 1. The van der Waals surface area contributed by atoms with Crippen LogP contribution in [0.5, 0.6) is 17.2 Å². The molecule has 0 bridgehead atoms. The Kier molecular flexibility index (Phi) is 9.25. The molecule has 2 rings (SSSR count). The van der Waals surface area contributed by atoms with Crippen LogP contribution in [0.15, 0.2) is 41.3 Å². The molecule has 0 spiro atoms. The van der Waals surface area contributed by atoms with Gasteiger partial charge >= 0.3 is 0 Å². The minimum atomic E-state index is -0.231. The van der Waals surface area contributed by atoms with Crippen molar-refractivity contribution >= 4 is 5.91 Å². The molecule has 0 aliphatic rings. The van der Waals surface area contributed by atoms with Crippen molar-refractivity contribution in [3.8, 4) is 17.2 Å². The highest BCUT2D eigenvalue weighted by atomic mass is 16.5. The standard InChI is InChI=1S/C23H32N2O5/c1-5-12-25(13-6-2)22(27)17-30-23-18(3)24(14-11-21(23)26)15-16-29-20-9-7-19(28-4)8-10-20/h7-11,14H,5-6,12-13,15-17H2,1-4H3. The maximum Gasteiger partial charge on any atom is 0.260 e. The molecule has 30 heavy (non-hydrogen) atoms. The van der Waals surface area contributed by atoms with Crippen molar-refractivity contribution in [3.63, 3.8) is 0 Å². The molecule has 7 nitrogen and oxygen atoms in total. The van der Waals surface area contributed by atoms with E-state index >= 15 is 0 Å². The summed E-state index contributed by atoms with van der Waals surface area (Å²) in [5.74, 6) is 1.62.